The predicted octanol–water partition coefficient (Wildman–Crippen LogP) is 1.91. The van der Waals surface area contributed by atoms with Crippen molar-refractivity contribution in [3.8, 4) is 0 Å². The topological polar surface area (TPSA) is 41.6 Å². The monoisotopic (exact) mass is 256 g/mol. The lowest BCUT2D eigenvalue weighted by molar-refractivity contribution is -0.105. The SMILES string of the molecule is CC(C)(C)[Si](C)(C)OCCN1CC(C=O)=CN1. The van der Waals surface area contributed by atoms with E-state index in [2.05, 4.69) is 39.3 Å². The molecule has 0 bridgehead atoms. The van der Waals surface area contributed by atoms with Gasteiger partial charge < -0.3 is 9.85 Å². The number of hydrogen-bond donors (Lipinski definition) is 1. The smallest absolute Gasteiger partial charge is 0.192 e. The fraction of sp³-hybridized carbons (Fsp3) is 0.750. The van der Waals surface area contributed by atoms with Crippen LogP contribution in [0, 0.1) is 0 Å². The van der Waals surface area contributed by atoms with Crippen LogP contribution in [0.25, 0.3) is 0 Å². The molecule has 0 aromatic carbocycles. The van der Waals surface area contributed by atoms with Crippen LogP contribution in [-0.4, -0.2) is 39.3 Å². The number of hydrogen-bond acceptors (Lipinski definition) is 4. The summed E-state index contributed by atoms with van der Waals surface area (Å²) in [4.78, 5) is 10.6. The lowest BCUT2D eigenvalue weighted by Crippen LogP contribution is -2.43. The summed E-state index contributed by atoms with van der Waals surface area (Å²) in [5.41, 5.74) is 3.85. The van der Waals surface area contributed by atoms with Crippen molar-refractivity contribution in [3.63, 3.8) is 0 Å². The van der Waals surface area contributed by atoms with Crippen LogP contribution in [0.5, 0.6) is 0 Å². The van der Waals surface area contributed by atoms with Gasteiger partial charge in [-0.2, -0.15) is 0 Å². The first kappa shape index (κ1) is 14.4. The average Bonchev–Trinajstić information content (AvgIpc) is 2.63. The van der Waals surface area contributed by atoms with E-state index in [0.717, 1.165) is 18.4 Å². The van der Waals surface area contributed by atoms with Crippen LogP contribution >= 0.6 is 0 Å². The third kappa shape index (κ3) is 3.94. The molecule has 5 heteroatoms. The molecule has 0 aromatic heterocycles. The highest BCUT2D eigenvalue weighted by Crippen LogP contribution is 2.36. The molecule has 0 saturated carbocycles. The zero-order valence-corrected chi connectivity index (χ0v) is 12.5. The van der Waals surface area contributed by atoms with E-state index in [1.165, 1.54) is 0 Å². The van der Waals surface area contributed by atoms with E-state index < -0.39 is 8.32 Å². The van der Waals surface area contributed by atoms with Crippen molar-refractivity contribution in [2.45, 2.75) is 38.9 Å². The van der Waals surface area contributed by atoms with Gasteiger partial charge in [0.15, 0.2) is 8.32 Å². The Balaban J connectivity index is 2.28. The van der Waals surface area contributed by atoms with E-state index in [-0.39, 0.29) is 5.04 Å². The molecule has 0 spiro atoms. The van der Waals surface area contributed by atoms with Crippen LogP contribution in [0.15, 0.2) is 11.8 Å². The van der Waals surface area contributed by atoms with Crippen LogP contribution in [-0.2, 0) is 9.22 Å². The summed E-state index contributed by atoms with van der Waals surface area (Å²) >= 11 is 0. The Kier molecular flexibility index (Phi) is 4.52. The zero-order valence-electron chi connectivity index (χ0n) is 11.5. The van der Waals surface area contributed by atoms with Crippen molar-refractivity contribution >= 4 is 14.6 Å². The second-order valence-electron chi connectivity index (χ2n) is 6.00. The number of carbonyl (C=O) groups excluding carboxylic acids is 1. The molecule has 0 saturated heterocycles. The molecule has 1 rings (SSSR count). The highest BCUT2D eigenvalue weighted by Gasteiger charge is 2.37. The summed E-state index contributed by atoms with van der Waals surface area (Å²) in [7, 11) is -1.64. The Hall–Kier alpha value is -0.653. The summed E-state index contributed by atoms with van der Waals surface area (Å²) in [5, 5.41) is 2.24. The van der Waals surface area contributed by atoms with Gasteiger partial charge in [-0.15, -0.1) is 0 Å². The van der Waals surface area contributed by atoms with Crippen molar-refractivity contribution in [1.29, 1.82) is 0 Å². The van der Waals surface area contributed by atoms with Gasteiger partial charge in [0, 0.05) is 31.5 Å². The molecule has 17 heavy (non-hydrogen) atoms. The maximum atomic E-state index is 10.6. The van der Waals surface area contributed by atoms with Gasteiger partial charge in [-0.25, -0.2) is 5.01 Å². The van der Waals surface area contributed by atoms with Crippen LogP contribution in [0.4, 0.5) is 0 Å². The zero-order chi connectivity index (χ0) is 13.1. The normalized spacial score (nSPS) is 17.8. The minimum absolute atomic E-state index is 0.248. The summed E-state index contributed by atoms with van der Waals surface area (Å²) in [5.74, 6) is 0. The molecule has 0 atom stereocenters. The van der Waals surface area contributed by atoms with E-state index in [9.17, 15) is 4.79 Å². The Morgan fingerprint density at radius 3 is 2.65 bits per heavy atom. The quantitative estimate of drug-likeness (QED) is 0.603. The molecule has 1 aliphatic heterocycles. The lowest BCUT2D eigenvalue weighted by atomic mass is 10.2. The molecule has 4 nitrogen and oxygen atoms in total. The van der Waals surface area contributed by atoms with Gasteiger partial charge in [-0.3, -0.25) is 4.79 Å². The molecular formula is C12H24N2O2Si. The molecule has 0 amide bonds. The Bertz CT molecular complexity index is 308. The third-order valence-electron chi connectivity index (χ3n) is 3.59. The number of nitrogens with one attached hydrogen (secondary N) is 1. The lowest BCUT2D eigenvalue weighted by Gasteiger charge is -2.36. The van der Waals surface area contributed by atoms with Crippen LogP contribution in [0.3, 0.4) is 0 Å². The highest BCUT2D eigenvalue weighted by atomic mass is 28.4. The molecule has 1 aliphatic rings. The summed E-state index contributed by atoms with van der Waals surface area (Å²) in [6.07, 6.45) is 2.64. The average molecular weight is 256 g/mol. The first-order valence-corrected chi connectivity index (χ1v) is 8.96. The van der Waals surface area contributed by atoms with Crippen molar-refractivity contribution < 1.29 is 9.22 Å². The number of hydrazine groups is 1. The van der Waals surface area contributed by atoms with Crippen LogP contribution in [0.1, 0.15) is 20.8 Å². The molecule has 0 fully saturated rings. The van der Waals surface area contributed by atoms with E-state index >= 15 is 0 Å². The van der Waals surface area contributed by atoms with E-state index in [1.54, 1.807) is 6.20 Å². The van der Waals surface area contributed by atoms with Gasteiger partial charge >= 0.3 is 0 Å². The van der Waals surface area contributed by atoms with Crippen molar-refractivity contribution in [1.82, 2.24) is 10.4 Å². The molecule has 1 heterocycles. The van der Waals surface area contributed by atoms with Crippen LogP contribution < -0.4 is 5.43 Å². The Labute approximate surface area is 105 Å². The van der Waals surface area contributed by atoms with Crippen molar-refractivity contribution in [2.24, 2.45) is 0 Å². The van der Waals surface area contributed by atoms with Gasteiger partial charge in [0.05, 0.1) is 0 Å². The number of nitrogens with zero attached hydrogens (tertiary/aromatic N) is 1. The minimum atomic E-state index is -1.64. The van der Waals surface area contributed by atoms with Gasteiger partial charge in [0.25, 0.3) is 0 Å². The summed E-state index contributed by atoms with van der Waals surface area (Å²) < 4.78 is 6.07. The molecule has 0 unspecified atom stereocenters. The molecule has 0 radical (unpaired) electrons. The number of aldehydes is 1. The minimum Gasteiger partial charge on any atom is -0.415 e. The first-order chi connectivity index (χ1) is 7.76. The molecule has 98 valence electrons. The second kappa shape index (κ2) is 5.33. The number of rotatable bonds is 5. The van der Waals surface area contributed by atoms with Gasteiger partial charge in [0.1, 0.15) is 6.29 Å². The first-order valence-electron chi connectivity index (χ1n) is 6.05. The molecular weight excluding hydrogens is 232 g/mol. The summed E-state index contributed by atoms with van der Waals surface area (Å²) in [6.45, 7) is 13.4. The molecule has 0 aliphatic carbocycles. The fourth-order valence-electron chi connectivity index (χ4n) is 1.33. The Morgan fingerprint density at radius 1 is 1.53 bits per heavy atom. The maximum absolute atomic E-state index is 10.6. The highest BCUT2D eigenvalue weighted by molar-refractivity contribution is 6.74. The Morgan fingerprint density at radius 2 is 2.18 bits per heavy atom. The maximum Gasteiger partial charge on any atom is 0.192 e. The van der Waals surface area contributed by atoms with E-state index in [0.29, 0.717) is 13.2 Å². The van der Waals surface area contributed by atoms with E-state index in [1.807, 2.05) is 5.01 Å². The number of carbonyl (C=O) groups is 1. The van der Waals surface area contributed by atoms with Crippen molar-refractivity contribution in [2.75, 3.05) is 19.7 Å². The second-order valence-corrected chi connectivity index (χ2v) is 10.8. The van der Waals surface area contributed by atoms with Crippen LogP contribution in [0.2, 0.25) is 18.1 Å². The van der Waals surface area contributed by atoms with E-state index in [4.69, 9.17) is 4.43 Å². The standard InChI is InChI=1S/C12H24N2O2Si/c1-12(2,3)17(4,5)16-7-6-14-9-11(10-15)8-13-14/h8,10,13H,6-7,9H2,1-5H3. The van der Waals surface area contributed by atoms with Gasteiger partial charge in [-0.05, 0) is 18.1 Å². The van der Waals surface area contributed by atoms with Gasteiger partial charge in [-0.1, -0.05) is 20.8 Å². The molecule has 0 aromatic rings. The largest absolute Gasteiger partial charge is 0.415 e. The molecule has 1 N–H and O–H groups in total. The third-order valence-corrected chi connectivity index (χ3v) is 8.13. The van der Waals surface area contributed by atoms with Gasteiger partial charge in [0.2, 0.25) is 0 Å². The predicted molar refractivity (Wildman–Crippen MR) is 72.0 cm³/mol. The summed E-state index contributed by atoms with van der Waals surface area (Å²) in [6, 6.07) is 0. The fourth-order valence-corrected chi connectivity index (χ4v) is 2.36. The van der Waals surface area contributed by atoms with Crippen molar-refractivity contribution in [3.05, 3.63) is 11.8 Å².